The average Bonchev–Trinajstić information content (AvgIpc) is 3.37. The molecule has 130 valence electrons. The molecular formula is C20H16BrN3O2. The predicted octanol–water partition coefficient (Wildman–Crippen LogP) is 4.90. The molecule has 2 aromatic heterocycles. The molecule has 1 aromatic carbocycles. The standard InChI is InChI=1S/C20H16BrN3O2/c21-14-7-8-18-16(11-14)17(12-19(23-18)13-5-6-13)20(25)24-22-9-1-3-15-4-2-10-26-15/h1-4,7-13H,5-6H2,(H,24,25). The SMILES string of the molecule is O=C(NN=CC=Cc1ccco1)c1cc(C2CC2)nc2ccc(Br)cc12. The number of aromatic nitrogens is 1. The quantitative estimate of drug-likeness (QED) is 0.481. The summed E-state index contributed by atoms with van der Waals surface area (Å²) in [6, 6.07) is 11.3. The summed E-state index contributed by atoms with van der Waals surface area (Å²) in [6.45, 7) is 0. The Bertz CT molecular complexity index is 1010. The zero-order valence-corrected chi connectivity index (χ0v) is 15.4. The van der Waals surface area contributed by atoms with Gasteiger partial charge < -0.3 is 4.42 Å². The first kappa shape index (κ1) is 16.7. The number of nitrogens with zero attached hydrogens (tertiary/aromatic N) is 2. The van der Waals surface area contributed by atoms with Crippen LogP contribution in [0.15, 0.2) is 62.7 Å². The van der Waals surface area contributed by atoms with Gasteiger partial charge in [-0.3, -0.25) is 9.78 Å². The lowest BCUT2D eigenvalue weighted by Gasteiger charge is -2.08. The van der Waals surface area contributed by atoms with E-state index >= 15 is 0 Å². The van der Waals surface area contributed by atoms with Crippen molar-refractivity contribution in [3.8, 4) is 0 Å². The minimum atomic E-state index is -0.250. The van der Waals surface area contributed by atoms with Gasteiger partial charge in [0.2, 0.25) is 0 Å². The fourth-order valence-corrected chi connectivity index (χ4v) is 3.08. The molecule has 1 aliphatic rings. The van der Waals surface area contributed by atoms with E-state index in [0.29, 0.717) is 11.5 Å². The molecule has 0 unspecified atom stereocenters. The summed E-state index contributed by atoms with van der Waals surface area (Å²) < 4.78 is 6.09. The zero-order chi connectivity index (χ0) is 17.9. The maximum Gasteiger partial charge on any atom is 0.272 e. The number of furan rings is 1. The van der Waals surface area contributed by atoms with E-state index in [2.05, 4.69) is 26.5 Å². The van der Waals surface area contributed by atoms with E-state index in [1.807, 2.05) is 36.4 Å². The lowest BCUT2D eigenvalue weighted by Crippen LogP contribution is -2.18. The number of pyridine rings is 1. The minimum absolute atomic E-state index is 0.250. The molecule has 1 N–H and O–H groups in total. The third-order valence-corrected chi connectivity index (χ3v) is 4.65. The first-order valence-electron chi connectivity index (χ1n) is 8.34. The Labute approximate surface area is 158 Å². The summed E-state index contributed by atoms with van der Waals surface area (Å²) in [5, 5.41) is 4.79. The molecule has 0 spiro atoms. The van der Waals surface area contributed by atoms with Gasteiger partial charge in [-0.15, -0.1) is 0 Å². The second-order valence-corrected chi connectivity index (χ2v) is 7.04. The van der Waals surface area contributed by atoms with Crippen molar-refractivity contribution in [3.05, 3.63) is 70.2 Å². The zero-order valence-electron chi connectivity index (χ0n) is 13.9. The van der Waals surface area contributed by atoms with E-state index in [0.717, 1.165) is 39.7 Å². The van der Waals surface area contributed by atoms with E-state index < -0.39 is 0 Å². The molecule has 4 rings (SSSR count). The Balaban J connectivity index is 1.56. The molecule has 5 nitrogen and oxygen atoms in total. The largest absolute Gasteiger partial charge is 0.465 e. The van der Waals surface area contributed by atoms with Gasteiger partial charge in [0.05, 0.1) is 17.3 Å². The highest BCUT2D eigenvalue weighted by Crippen LogP contribution is 2.40. The minimum Gasteiger partial charge on any atom is -0.465 e. The van der Waals surface area contributed by atoms with Crippen molar-refractivity contribution < 1.29 is 9.21 Å². The summed E-state index contributed by atoms with van der Waals surface area (Å²) in [7, 11) is 0. The molecule has 3 aromatic rings. The Morgan fingerprint density at radius 1 is 1.31 bits per heavy atom. The van der Waals surface area contributed by atoms with Gasteiger partial charge in [-0.1, -0.05) is 15.9 Å². The van der Waals surface area contributed by atoms with E-state index in [-0.39, 0.29) is 5.91 Å². The van der Waals surface area contributed by atoms with Crippen molar-refractivity contribution >= 4 is 45.0 Å². The summed E-state index contributed by atoms with van der Waals surface area (Å²) in [6.07, 6.45) is 8.84. The normalized spacial score (nSPS) is 14.5. The summed E-state index contributed by atoms with van der Waals surface area (Å²) in [5.74, 6) is 0.941. The summed E-state index contributed by atoms with van der Waals surface area (Å²) in [4.78, 5) is 17.3. The third kappa shape index (κ3) is 3.75. The van der Waals surface area contributed by atoms with Crippen LogP contribution in [0.3, 0.4) is 0 Å². The van der Waals surface area contributed by atoms with Gasteiger partial charge in [0, 0.05) is 27.7 Å². The number of rotatable bonds is 5. The molecule has 0 radical (unpaired) electrons. The Kier molecular flexibility index (Phi) is 4.67. The molecule has 2 heterocycles. The maximum absolute atomic E-state index is 12.6. The van der Waals surface area contributed by atoms with E-state index in [1.165, 1.54) is 6.21 Å². The number of hydrogen-bond acceptors (Lipinski definition) is 4. The Morgan fingerprint density at radius 3 is 2.96 bits per heavy atom. The third-order valence-electron chi connectivity index (χ3n) is 4.16. The number of hydrogen-bond donors (Lipinski definition) is 1. The number of carbonyl (C=O) groups excluding carboxylic acids is 1. The van der Waals surface area contributed by atoms with Gasteiger partial charge in [-0.2, -0.15) is 5.10 Å². The summed E-state index contributed by atoms with van der Waals surface area (Å²) in [5.41, 5.74) is 4.97. The van der Waals surface area contributed by atoms with Gasteiger partial charge in [-0.05, 0) is 61.4 Å². The molecule has 1 aliphatic carbocycles. The van der Waals surface area contributed by atoms with Crippen molar-refractivity contribution in [2.75, 3.05) is 0 Å². The fourth-order valence-electron chi connectivity index (χ4n) is 2.72. The van der Waals surface area contributed by atoms with Crippen LogP contribution >= 0.6 is 15.9 Å². The number of nitrogens with one attached hydrogen (secondary N) is 1. The first-order valence-corrected chi connectivity index (χ1v) is 9.14. The molecular weight excluding hydrogens is 394 g/mol. The van der Waals surface area contributed by atoms with Crippen LogP contribution in [0.4, 0.5) is 0 Å². The lowest BCUT2D eigenvalue weighted by molar-refractivity contribution is 0.0956. The number of benzene rings is 1. The van der Waals surface area contributed by atoms with Gasteiger partial charge in [0.1, 0.15) is 5.76 Å². The fraction of sp³-hybridized carbons (Fsp3) is 0.150. The second kappa shape index (κ2) is 7.25. The number of carbonyl (C=O) groups is 1. The van der Waals surface area contributed by atoms with Gasteiger partial charge in [0.25, 0.3) is 5.91 Å². The number of halogens is 1. The van der Waals surface area contributed by atoms with E-state index in [4.69, 9.17) is 9.40 Å². The molecule has 6 heteroatoms. The van der Waals surface area contributed by atoms with Crippen LogP contribution in [0.2, 0.25) is 0 Å². The molecule has 1 fully saturated rings. The topological polar surface area (TPSA) is 67.5 Å². The van der Waals surface area contributed by atoms with Crippen molar-refractivity contribution in [2.24, 2.45) is 5.10 Å². The van der Waals surface area contributed by atoms with Gasteiger partial charge in [-0.25, -0.2) is 5.43 Å². The van der Waals surface area contributed by atoms with Crippen LogP contribution < -0.4 is 5.43 Å². The lowest BCUT2D eigenvalue weighted by atomic mass is 10.1. The molecule has 26 heavy (non-hydrogen) atoms. The van der Waals surface area contributed by atoms with E-state index in [1.54, 1.807) is 18.4 Å². The molecule has 0 atom stereocenters. The average molecular weight is 410 g/mol. The summed E-state index contributed by atoms with van der Waals surface area (Å²) >= 11 is 3.46. The van der Waals surface area contributed by atoms with Crippen LogP contribution in [0.1, 0.15) is 40.6 Å². The number of allylic oxidation sites excluding steroid dienone is 1. The van der Waals surface area contributed by atoms with Crippen molar-refractivity contribution in [1.82, 2.24) is 10.4 Å². The van der Waals surface area contributed by atoms with Crippen LogP contribution in [-0.4, -0.2) is 17.1 Å². The maximum atomic E-state index is 12.6. The van der Waals surface area contributed by atoms with E-state index in [9.17, 15) is 4.79 Å². The molecule has 0 aliphatic heterocycles. The second-order valence-electron chi connectivity index (χ2n) is 6.12. The molecule has 0 saturated heterocycles. The van der Waals surface area contributed by atoms with Gasteiger partial charge >= 0.3 is 0 Å². The highest BCUT2D eigenvalue weighted by Gasteiger charge is 2.27. The number of fused-ring (bicyclic) bond motifs is 1. The van der Waals surface area contributed by atoms with Crippen LogP contribution in [0.25, 0.3) is 17.0 Å². The number of hydrazone groups is 1. The highest BCUT2D eigenvalue weighted by atomic mass is 79.9. The number of amides is 1. The van der Waals surface area contributed by atoms with Crippen molar-refractivity contribution in [1.29, 1.82) is 0 Å². The van der Waals surface area contributed by atoms with Crippen molar-refractivity contribution in [2.45, 2.75) is 18.8 Å². The molecule has 1 saturated carbocycles. The van der Waals surface area contributed by atoms with Crippen LogP contribution in [0, 0.1) is 0 Å². The highest BCUT2D eigenvalue weighted by molar-refractivity contribution is 9.10. The Morgan fingerprint density at radius 2 is 2.19 bits per heavy atom. The monoisotopic (exact) mass is 409 g/mol. The smallest absolute Gasteiger partial charge is 0.272 e. The first-order chi connectivity index (χ1) is 12.7. The Hall–Kier alpha value is -2.73. The molecule has 1 amide bonds. The predicted molar refractivity (Wildman–Crippen MR) is 105 cm³/mol. The van der Waals surface area contributed by atoms with Gasteiger partial charge in [0.15, 0.2) is 0 Å². The molecule has 0 bridgehead atoms. The van der Waals surface area contributed by atoms with Crippen LogP contribution in [0.5, 0.6) is 0 Å². The van der Waals surface area contributed by atoms with Crippen molar-refractivity contribution in [3.63, 3.8) is 0 Å². The van der Waals surface area contributed by atoms with Crippen LogP contribution in [-0.2, 0) is 0 Å².